The summed E-state index contributed by atoms with van der Waals surface area (Å²) in [5.74, 6) is 0.0737. The van der Waals surface area contributed by atoms with Gasteiger partial charge >= 0.3 is 0 Å². The Kier molecular flexibility index (Phi) is 3.81. The number of amides is 1. The van der Waals surface area contributed by atoms with Crippen LogP contribution in [0.3, 0.4) is 0 Å². The van der Waals surface area contributed by atoms with Gasteiger partial charge in [-0.2, -0.15) is 0 Å². The molecule has 2 aliphatic heterocycles. The van der Waals surface area contributed by atoms with Crippen LogP contribution in [0.4, 0.5) is 5.69 Å². The molecule has 25 heavy (non-hydrogen) atoms. The molecule has 2 aliphatic rings. The highest BCUT2D eigenvalue weighted by molar-refractivity contribution is 7.80. The van der Waals surface area contributed by atoms with Crippen LogP contribution in [0.5, 0.6) is 5.75 Å². The van der Waals surface area contributed by atoms with Gasteiger partial charge in [-0.15, -0.1) is 0 Å². The summed E-state index contributed by atoms with van der Waals surface area (Å²) in [5.41, 5.74) is 0.662. The number of carbonyl (C=O) groups is 1. The number of anilines is 1. The van der Waals surface area contributed by atoms with Gasteiger partial charge in [-0.25, -0.2) is 0 Å². The minimum absolute atomic E-state index is 0.160. The maximum absolute atomic E-state index is 13.0. The number of hydrogen-bond donors (Lipinski definition) is 3. The highest BCUT2D eigenvalue weighted by atomic mass is 35.5. The second-order valence-corrected chi connectivity index (χ2v) is 7.14. The van der Waals surface area contributed by atoms with Gasteiger partial charge in [0.1, 0.15) is 11.7 Å². The van der Waals surface area contributed by atoms with Gasteiger partial charge in [-0.05, 0) is 49.5 Å². The summed E-state index contributed by atoms with van der Waals surface area (Å²) in [5, 5.41) is 10.3. The van der Waals surface area contributed by atoms with Crippen molar-refractivity contribution in [2.24, 2.45) is 5.92 Å². The molecule has 1 fully saturated rings. The Morgan fingerprint density at radius 1 is 1.24 bits per heavy atom. The van der Waals surface area contributed by atoms with Crippen molar-refractivity contribution in [3.63, 3.8) is 0 Å². The normalized spacial score (nSPS) is 26.6. The minimum Gasteiger partial charge on any atom is -0.467 e. The van der Waals surface area contributed by atoms with Crippen LogP contribution in [0.1, 0.15) is 18.5 Å². The van der Waals surface area contributed by atoms with Gasteiger partial charge in [0.15, 0.2) is 10.8 Å². The van der Waals surface area contributed by atoms with Crippen molar-refractivity contribution < 1.29 is 9.53 Å². The summed E-state index contributed by atoms with van der Waals surface area (Å²) in [6.07, 6.45) is 0. The van der Waals surface area contributed by atoms with E-state index in [4.69, 9.17) is 28.6 Å². The van der Waals surface area contributed by atoms with Crippen LogP contribution < -0.4 is 20.7 Å². The Balaban J connectivity index is 1.69. The Bertz CT molecular complexity index is 858. The third-order valence-corrected chi connectivity index (χ3v) is 5.02. The lowest BCUT2D eigenvalue weighted by Crippen LogP contribution is -2.70. The zero-order valence-electron chi connectivity index (χ0n) is 13.4. The van der Waals surface area contributed by atoms with Crippen LogP contribution >= 0.6 is 23.8 Å². The molecule has 4 rings (SSSR count). The van der Waals surface area contributed by atoms with Crippen LogP contribution in [0.15, 0.2) is 48.5 Å². The third kappa shape index (κ3) is 2.81. The molecule has 0 aromatic heterocycles. The fourth-order valence-electron chi connectivity index (χ4n) is 3.44. The molecule has 2 heterocycles. The van der Waals surface area contributed by atoms with Crippen molar-refractivity contribution in [2.45, 2.75) is 18.7 Å². The van der Waals surface area contributed by atoms with E-state index in [9.17, 15) is 4.79 Å². The highest BCUT2D eigenvalue weighted by Crippen LogP contribution is 2.44. The summed E-state index contributed by atoms with van der Waals surface area (Å²) < 4.78 is 6.13. The SMILES string of the molecule is C[C@@]12NC(=S)N[C@@H](c3ccccc3O1)[C@H]2C(=O)Nc1ccc(Cl)cc1. The molecule has 2 aromatic carbocycles. The topological polar surface area (TPSA) is 62.4 Å². The molecular formula is C18H16ClN3O2S. The third-order valence-electron chi connectivity index (χ3n) is 4.55. The van der Waals surface area contributed by atoms with Gasteiger partial charge in [-0.1, -0.05) is 29.8 Å². The minimum atomic E-state index is -0.933. The van der Waals surface area contributed by atoms with E-state index in [1.165, 1.54) is 0 Å². The van der Waals surface area contributed by atoms with E-state index in [1.807, 2.05) is 31.2 Å². The first-order valence-electron chi connectivity index (χ1n) is 7.89. The Morgan fingerprint density at radius 3 is 2.72 bits per heavy atom. The second-order valence-electron chi connectivity index (χ2n) is 6.30. The maximum atomic E-state index is 13.0. The maximum Gasteiger partial charge on any atom is 0.236 e. The second kappa shape index (κ2) is 5.89. The van der Waals surface area contributed by atoms with Gasteiger partial charge in [0.2, 0.25) is 5.91 Å². The first-order valence-corrected chi connectivity index (χ1v) is 8.68. The first-order chi connectivity index (χ1) is 12.0. The van der Waals surface area contributed by atoms with Crippen molar-refractivity contribution >= 4 is 40.5 Å². The van der Waals surface area contributed by atoms with E-state index in [0.717, 1.165) is 11.3 Å². The van der Waals surface area contributed by atoms with Crippen LogP contribution in [0.25, 0.3) is 0 Å². The van der Waals surface area contributed by atoms with Gasteiger partial charge in [0.05, 0.1) is 6.04 Å². The van der Waals surface area contributed by atoms with Crippen LogP contribution in [-0.4, -0.2) is 16.7 Å². The fourth-order valence-corrected chi connectivity index (χ4v) is 3.90. The highest BCUT2D eigenvalue weighted by Gasteiger charge is 2.54. The zero-order valence-corrected chi connectivity index (χ0v) is 14.9. The largest absolute Gasteiger partial charge is 0.467 e. The molecule has 0 radical (unpaired) electrons. The molecule has 1 amide bonds. The fraction of sp³-hybridized carbons (Fsp3) is 0.222. The van der Waals surface area contributed by atoms with Crippen molar-refractivity contribution in [3.8, 4) is 5.75 Å². The van der Waals surface area contributed by atoms with Crippen molar-refractivity contribution in [1.29, 1.82) is 0 Å². The quantitative estimate of drug-likeness (QED) is 0.705. The number of nitrogens with one attached hydrogen (secondary N) is 3. The average molecular weight is 374 g/mol. The molecule has 0 saturated carbocycles. The molecule has 0 aliphatic carbocycles. The zero-order chi connectivity index (χ0) is 17.6. The van der Waals surface area contributed by atoms with Crippen LogP contribution in [-0.2, 0) is 4.79 Å². The summed E-state index contributed by atoms with van der Waals surface area (Å²) >= 11 is 11.2. The number of fused-ring (bicyclic) bond motifs is 4. The van der Waals surface area contributed by atoms with E-state index >= 15 is 0 Å². The van der Waals surface area contributed by atoms with Crippen molar-refractivity contribution in [2.75, 3.05) is 5.32 Å². The smallest absolute Gasteiger partial charge is 0.236 e. The Hall–Kier alpha value is -2.31. The van der Waals surface area contributed by atoms with Gasteiger partial charge in [0.25, 0.3) is 0 Å². The number of rotatable bonds is 2. The van der Waals surface area contributed by atoms with E-state index < -0.39 is 11.6 Å². The van der Waals surface area contributed by atoms with E-state index in [-0.39, 0.29) is 11.9 Å². The van der Waals surface area contributed by atoms with Crippen molar-refractivity contribution in [1.82, 2.24) is 10.6 Å². The van der Waals surface area contributed by atoms with E-state index in [0.29, 0.717) is 15.8 Å². The van der Waals surface area contributed by atoms with E-state index in [2.05, 4.69) is 16.0 Å². The van der Waals surface area contributed by atoms with E-state index in [1.54, 1.807) is 24.3 Å². The molecule has 0 unspecified atom stereocenters. The predicted octanol–water partition coefficient (Wildman–Crippen LogP) is 3.22. The molecule has 0 spiro atoms. The van der Waals surface area contributed by atoms with Crippen molar-refractivity contribution in [3.05, 3.63) is 59.1 Å². The summed E-state index contributed by atoms with van der Waals surface area (Å²) in [6.45, 7) is 1.84. The summed E-state index contributed by atoms with van der Waals surface area (Å²) in [7, 11) is 0. The molecule has 3 N–H and O–H groups in total. The molecule has 2 bridgehead atoms. The van der Waals surface area contributed by atoms with Gasteiger partial charge < -0.3 is 20.7 Å². The summed E-state index contributed by atoms with van der Waals surface area (Å²) in [4.78, 5) is 13.0. The number of thiocarbonyl (C=S) groups is 1. The van der Waals surface area contributed by atoms with Gasteiger partial charge in [0, 0.05) is 16.3 Å². The Morgan fingerprint density at radius 2 is 1.96 bits per heavy atom. The molecule has 5 nitrogen and oxygen atoms in total. The monoisotopic (exact) mass is 373 g/mol. The van der Waals surface area contributed by atoms with Gasteiger partial charge in [-0.3, -0.25) is 4.79 Å². The number of para-hydroxylation sites is 1. The number of halogens is 1. The molecule has 3 atom stereocenters. The lowest BCUT2D eigenvalue weighted by Gasteiger charge is -2.50. The lowest BCUT2D eigenvalue weighted by molar-refractivity contribution is -0.132. The number of ether oxygens (including phenoxy) is 1. The molecule has 7 heteroatoms. The summed E-state index contributed by atoms with van der Waals surface area (Å²) in [6, 6.07) is 14.4. The molecule has 1 saturated heterocycles. The molecule has 2 aromatic rings. The standard InChI is InChI=1S/C18H16ClN3O2S/c1-18-14(16(23)20-11-8-6-10(19)7-9-11)15(21-17(25)22-18)12-4-2-3-5-13(12)24-18/h2-9,14-15H,1H3,(H,20,23)(H2,21,22,25)/t14-,15-,18+/m0/s1. The molecule has 128 valence electrons. The van der Waals surface area contributed by atoms with Crippen LogP contribution in [0, 0.1) is 5.92 Å². The lowest BCUT2D eigenvalue weighted by atomic mass is 9.80. The average Bonchev–Trinajstić information content (AvgIpc) is 2.55. The first kappa shape index (κ1) is 16.2. The predicted molar refractivity (Wildman–Crippen MR) is 101 cm³/mol. The molecular weight excluding hydrogens is 358 g/mol. The van der Waals surface area contributed by atoms with Crippen LogP contribution in [0.2, 0.25) is 5.02 Å². The Labute approximate surface area is 155 Å². The number of benzene rings is 2. The number of carbonyl (C=O) groups excluding carboxylic acids is 1. The number of hydrogen-bond acceptors (Lipinski definition) is 3.